The number of carbonyl (C=O) groups excluding carboxylic acids is 1. The SMILES string of the molecule is COc1c(C)nc(Cl)c(C(=O)Nc2nc3ccc(N4CCOCC4)cc3s2)c1-c1ccncc1. The Kier molecular flexibility index (Phi) is 6.32. The van der Waals surface area contributed by atoms with Crippen LogP contribution in [0.1, 0.15) is 16.1 Å². The molecule has 1 aliphatic heterocycles. The maximum atomic E-state index is 13.4. The van der Waals surface area contributed by atoms with Gasteiger partial charge in [0.15, 0.2) is 5.13 Å². The Hall–Kier alpha value is -3.27. The quantitative estimate of drug-likeness (QED) is 0.397. The highest BCUT2D eigenvalue weighted by molar-refractivity contribution is 7.22. The van der Waals surface area contributed by atoms with E-state index in [4.69, 9.17) is 21.1 Å². The van der Waals surface area contributed by atoms with Crippen LogP contribution < -0.4 is 15.0 Å². The predicted octanol–water partition coefficient (Wildman–Crippen LogP) is 4.81. The van der Waals surface area contributed by atoms with Crippen molar-refractivity contribution in [3.05, 3.63) is 59.1 Å². The number of nitrogens with zero attached hydrogens (tertiary/aromatic N) is 4. The van der Waals surface area contributed by atoms with Gasteiger partial charge in [-0.25, -0.2) is 9.97 Å². The number of anilines is 2. The van der Waals surface area contributed by atoms with Gasteiger partial charge in [0.1, 0.15) is 10.9 Å². The van der Waals surface area contributed by atoms with Crippen LogP contribution in [0.25, 0.3) is 21.3 Å². The van der Waals surface area contributed by atoms with Crippen molar-refractivity contribution in [3.63, 3.8) is 0 Å². The summed E-state index contributed by atoms with van der Waals surface area (Å²) in [7, 11) is 1.55. The Morgan fingerprint density at radius 2 is 1.94 bits per heavy atom. The highest BCUT2D eigenvalue weighted by atomic mass is 35.5. The number of hydrogen-bond donors (Lipinski definition) is 1. The zero-order valence-corrected chi connectivity index (χ0v) is 20.2. The van der Waals surface area contributed by atoms with Crippen LogP contribution in [0, 0.1) is 6.92 Å². The Morgan fingerprint density at radius 3 is 2.68 bits per heavy atom. The molecule has 4 heterocycles. The number of halogens is 1. The number of carbonyl (C=O) groups is 1. The molecule has 174 valence electrons. The lowest BCUT2D eigenvalue weighted by Gasteiger charge is -2.28. The minimum absolute atomic E-state index is 0.0957. The van der Waals surface area contributed by atoms with Crippen molar-refractivity contribution in [3.8, 4) is 16.9 Å². The number of nitrogens with one attached hydrogen (secondary N) is 1. The van der Waals surface area contributed by atoms with Crippen molar-refractivity contribution in [2.45, 2.75) is 6.92 Å². The molecule has 0 spiro atoms. The molecule has 34 heavy (non-hydrogen) atoms. The molecular formula is C24H22ClN5O3S. The van der Waals surface area contributed by atoms with Gasteiger partial charge in [-0.2, -0.15) is 0 Å². The largest absolute Gasteiger partial charge is 0.494 e. The molecule has 0 unspecified atom stereocenters. The molecule has 10 heteroatoms. The number of methoxy groups -OCH3 is 1. The van der Waals surface area contributed by atoms with Crippen LogP contribution in [0.2, 0.25) is 5.15 Å². The summed E-state index contributed by atoms with van der Waals surface area (Å²) >= 11 is 7.90. The van der Waals surface area contributed by atoms with Gasteiger partial charge in [0.25, 0.3) is 5.91 Å². The van der Waals surface area contributed by atoms with Crippen LogP contribution >= 0.6 is 22.9 Å². The summed E-state index contributed by atoms with van der Waals surface area (Å²) in [5.41, 5.74) is 4.07. The van der Waals surface area contributed by atoms with E-state index in [0.29, 0.717) is 22.1 Å². The summed E-state index contributed by atoms with van der Waals surface area (Å²) in [6, 6.07) is 9.72. The van der Waals surface area contributed by atoms with Crippen molar-refractivity contribution >= 4 is 49.9 Å². The number of ether oxygens (including phenoxy) is 2. The molecule has 1 N–H and O–H groups in total. The first-order valence-electron chi connectivity index (χ1n) is 10.7. The number of rotatable bonds is 5. The molecule has 1 amide bonds. The van der Waals surface area contributed by atoms with Gasteiger partial charge in [-0.1, -0.05) is 22.9 Å². The number of fused-ring (bicyclic) bond motifs is 1. The first-order valence-corrected chi connectivity index (χ1v) is 11.9. The van der Waals surface area contributed by atoms with Crippen molar-refractivity contribution < 1.29 is 14.3 Å². The van der Waals surface area contributed by atoms with E-state index in [9.17, 15) is 4.79 Å². The van der Waals surface area contributed by atoms with Crippen molar-refractivity contribution in [1.29, 1.82) is 0 Å². The summed E-state index contributed by atoms with van der Waals surface area (Å²) in [5, 5.41) is 3.49. The Bertz CT molecular complexity index is 1360. The molecule has 0 bridgehead atoms. The topological polar surface area (TPSA) is 89.5 Å². The van der Waals surface area contributed by atoms with E-state index in [2.05, 4.69) is 31.2 Å². The van der Waals surface area contributed by atoms with Gasteiger partial charge in [0.05, 0.1) is 41.8 Å². The highest BCUT2D eigenvalue weighted by Crippen LogP contribution is 2.39. The standard InChI is InChI=1S/C24H22ClN5O3S/c1-14-21(32-2)19(15-5-7-26-8-6-15)20(22(25)27-14)23(31)29-24-28-17-4-3-16(13-18(17)34-24)30-9-11-33-12-10-30/h3-8,13H,9-12H2,1-2H3,(H,28,29,31). The average Bonchev–Trinajstić information content (AvgIpc) is 3.26. The molecule has 1 aliphatic rings. The monoisotopic (exact) mass is 495 g/mol. The summed E-state index contributed by atoms with van der Waals surface area (Å²) in [6.45, 7) is 4.93. The molecular weight excluding hydrogens is 474 g/mol. The molecule has 5 rings (SSSR count). The minimum atomic E-state index is -0.407. The fraction of sp³-hybridized carbons (Fsp3) is 0.250. The molecule has 1 fully saturated rings. The third-order valence-electron chi connectivity index (χ3n) is 5.65. The third kappa shape index (κ3) is 4.29. The van der Waals surface area contributed by atoms with Crippen LogP contribution in [0.5, 0.6) is 5.75 Å². The molecule has 1 saturated heterocycles. The van der Waals surface area contributed by atoms with Gasteiger partial charge in [-0.15, -0.1) is 0 Å². The summed E-state index contributed by atoms with van der Waals surface area (Å²) in [6.07, 6.45) is 3.31. The summed E-state index contributed by atoms with van der Waals surface area (Å²) in [4.78, 5) is 28.7. The second-order valence-electron chi connectivity index (χ2n) is 7.73. The van der Waals surface area contributed by atoms with Gasteiger partial charge in [-0.3, -0.25) is 15.1 Å². The van der Waals surface area contributed by atoms with Crippen LogP contribution in [-0.4, -0.2) is 54.3 Å². The average molecular weight is 496 g/mol. The van der Waals surface area contributed by atoms with Gasteiger partial charge >= 0.3 is 0 Å². The number of pyridine rings is 2. The summed E-state index contributed by atoms with van der Waals surface area (Å²) < 4.78 is 12.0. The van der Waals surface area contributed by atoms with E-state index in [1.807, 2.05) is 12.1 Å². The molecule has 4 aromatic rings. The molecule has 8 nitrogen and oxygen atoms in total. The molecule has 3 aromatic heterocycles. The number of aryl methyl sites for hydroxylation is 1. The molecule has 0 aliphatic carbocycles. The van der Waals surface area contributed by atoms with Gasteiger partial charge in [-0.05, 0) is 42.8 Å². The number of thiazole rings is 1. The van der Waals surface area contributed by atoms with E-state index in [1.54, 1.807) is 38.6 Å². The van der Waals surface area contributed by atoms with E-state index in [0.717, 1.165) is 47.8 Å². The van der Waals surface area contributed by atoms with Crippen LogP contribution in [0.4, 0.5) is 10.8 Å². The number of aromatic nitrogens is 3. The lowest BCUT2D eigenvalue weighted by Crippen LogP contribution is -2.36. The fourth-order valence-corrected chi connectivity index (χ4v) is 5.25. The normalized spacial score (nSPS) is 13.8. The maximum Gasteiger partial charge on any atom is 0.261 e. The van der Waals surface area contributed by atoms with E-state index in [-0.39, 0.29) is 10.7 Å². The zero-order chi connectivity index (χ0) is 23.7. The van der Waals surface area contributed by atoms with Crippen molar-refractivity contribution in [2.75, 3.05) is 43.6 Å². The molecule has 0 atom stereocenters. The minimum Gasteiger partial charge on any atom is -0.494 e. The van der Waals surface area contributed by atoms with Crippen molar-refractivity contribution in [2.24, 2.45) is 0 Å². The maximum absolute atomic E-state index is 13.4. The number of amides is 1. The zero-order valence-electron chi connectivity index (χ0n) is 18.7. The second-order valence-corrected chi connectivity index (χ2v) is 9.12. The fourth-order valence-electron chi connectivity index (χ4n) is 4.05. The lowest BCUT2D eigenvalue weighted by molar-refractivity contribution is 0.102. The van der Waals surface area contributed by atoms with Gasteiger partial charge < -0.3 is 14.4 Å². The van der Waals surface area contributed by atoms with Gasteiger partial charge in [0.2, 0.25) is 0 Å². The number of morpholine rings is 1. The van der Waals surface area contributed by atoms with Crippen LogP contribution in [0.3, 0.4) is 0 Å². The molecule has 0 radical (unpaired) electrons. The first-order chi connectivity index (χ1) is 16.5. The second kappa shape index (κ2) is 9.54. The number of benzene rings is 1. The Balaban J connectivity index is 1.50. The van der Waals surface area contributed by atoms with Crippen LogP contribution in [0.15, 0.2) is 42.7 Å². The highest BCUT2D eigenvalue weighted by Gasteiger charge is 2.25. The molecule has 0 saturated carbocycles. The molecule has 1 aromatic carbocycles. The lowest BCUT2D eigenvalue weighted by atomic mass is 9.99. The third-order valence-corrected chi connectivity index (χ3v) is 6.85. The van der Waals surface area contributed by atoms with E-state index < -0.39 is 5.91 Å². The van der Waals surface area contributed by atoms with Crippen LogP contribution in [-0.2, 0) is 4.74 Å². The van der Waals surface area contributed by atoms with E-state index >= 15 is 0 Å². The number of hydrogen-bond acceptors (Lipinski definition) is 8. The Morgan fingerprint density at radius 1 is 1.18 bits per heavy atom. The predicted molar refractivity (Wildman–Crippen MR) is 134 cm³/mol. The van der Waals surface area contributed by atoms with Gasteiger partial charge in [0, 0.05) is 36.7 Å². The first kappa shape index (κ1) is 22.5. The smallest absolute Gasteiger partial charge is 0.261 e. The summed E-state index contributed by atoms with van der Waals surface area (Å²) in [5.74, 6) is 0.0790. The van der Waals surface area contributed by atoms with Crippen molar-refractivity contribution in [1.82, 2.24) is 15.0 Å². The van der Waals surface area contributed by atoms with E-state index in [1.165, 1.54) is 11.3 Å². The Labute approximate surface area is 205 Å².